The van der Waals surface area contributed by atoms with Gasteiger partial charge in [-0.05, 0) is 51.9 Å². The maximum Gasteiger partial charge on any atom is 0.236 e. The van der Waals surface area contributed by atoms with Gasteiger partial charge in [0.25, 0.3) is 0 Å². The highest BCUT2D eigenvalue weighted by Gasteiger charge is 2.25. The molecule has 1 saturated heterocycles. The lowest BCUT2D eigenvalue weighted by molar-refractivity contribution is -0.139. The van der Waals surface area contributed by atoms with Crippen LogP contribution in [0.15, 0.2) is 0 Å². The predicted molar refractivity (Wildman–Crippen MR) is 272 cm³/mol. The molecule has 0 aromatic carbocycles. The SMILES string of the molecule is CCCCCCCCCCCCNCC(=O)N1CCN(C(=O)CN(CCCCCCCCC)CCN(CCCCCCCCCCCC)CCCCCCCCCCCC)CC1. The molecule has 0 saturated carbocycles. The minimum Gasteiger partial charge on any atom is -0.338 e. The highest BCUT2D eigenvalue weighted by atomic mass is 16.2. The van der Waals surface area contributed by atoms with Crippen molar-refractivity contribution in [2.24, 2.45) is 0 Å². The summed E-state index contributed by atoms with van der Waals surface area (Å²) in [5.41, 5.74) is 0. The first-order valence-corrected chi connectivity index (χ1v) is 28.3. The van der Waals surface area contributed by atoms with Crippen molar-refractivity contribution in [1.82, 2.24) is 24.9 Å². The number of hydrogen-bond acceptors (Lipinski definition) is 5. The van der Waals surface area contributed by atoms with Crippen LogP contribution in [0, 0.1) is 0 Å². The summed E-state index contributed by atoms with van der Waals surface area (Å²) in [7, 11) is 0. The van der Waals surface area contributed by atoms with Gasteiger partial charge in [-0.2, -0.15) is 0 Å². The Morgan fingerprint density at radius 3 is 0.968 bits per heavy atom. The van der Waals surface area contributed by atoms with E-state index in [2.05, 4.69) is 42.8 Å². The standard InChI is InChI=1S/C55H111N5O2/c1-5-9-13-17-21-24-27-30-34-38-42-56-52-54(61)59-48-50-60(51-49-59)55(62)53-58(45-41-37-31-20-16-12-8-4)47-46-57(43-39-35-32-28-25-22-18-14-10-6-2)44-40-36-33-29-26-23-19-15-11-7-3/h56H,5-53H2,1-4H3. The third kappa shape index (κ3) is 37.1. The molecule has 0 spiro atoms. The third-order valence-electron chi connectivity index (χ3n) is 13.8. The lowest BCUT2D eigenvalue weighted by Crippen LogP contribution is -2.54. The smallest absolute Gasteiger partial charge is 0.236 e. The number of rotatable bonds is 48. The molecule has 0 radical (unpaired) electrons. The molecule has 1 fully saturated rings. The Morgan fingerprint density at radius 1 is 0.339 bits per heavy atom. The summed E-state index contributed by atoms with van der Waals surface area (Å²) >= 11 is 0. The van der Waals surface area contributed by atoms with Crippen LogP contribution in [0.1, 0.15) is 265 Å². The van der Waals surface area contributed by atoms with Crippen LogP contribution >= 0.6 is 0 Å². The quantitative estimate of drug-likeness (QED) is 0.0617. The molecule has 1 aliphatic rings. The lowest BCUT2D eigenvalue weighted by Gasteiger charge is -2.36. The summed E-state index contributed by atoms with van der Waals surface area (Å²) in [4.78, 5) is 36.1. The van der Waals surface area contributed by atoms with E-state index in [0.717, 1.165) is 32.6 Å². The van der Waals surface area contributed by atoms with Gasteiger partial charge in [-0.25, -0.2) is 0 Å². The van der Waals surface area contributed by atoms with Gasteiger partial charge in [0.2, 0.25) is 11.8 Å². The molecule has 2 amide bonds. The second-order valence-corrected chi connectivity index (χ2v) is 19.7. The van der Waals surface area contributed by atoms with Crippen LogP contribution in [0.25, 0.3) is 0 Å². The number of carbonyl (C=O) groups excluding carboxylic acids is 2. The van der Waals surface area contributed by atoms with Gasteiger partial charge in [-0.15, -0.1) is 0 Å². The number of carbonyl (C=O) groups is 2. The summed E-state index contributed by atoms with van der Waals surface area (Å²) in [5, 5.41) is 3.41. The molecule has 0 aromatic heterocycles. The Balaban J connectivity index is 2.58. The maximum atomic E-state index is 13.8. The zero-order chi connectivity index (χ0) is 44.8. The number of unbranched alkanes of at least 4 members (excludes halogenated alkanes) is 33. The molecule has 0 aliphatic carbocycles. The van der Waals surface area contributed by atoms with E-state index in [1.54, 1.807) is 0 Å². The fourth-order valence-electron chi connectivity index (χ4n) is 9.37. The highest BCUT2D eigenvalue weighted by Crippen LogP contribution is 2.15. The van der Waals surface area contributed by atoms with E-state index in [1.165, 1.54) is 244 Å². The van der Waals surface area contributed by atoms with Crippen LogP contribution in [0.5, 0.6) is 0 Å². The van der Waals surface area contributed by atoms with E-state index >= 15 is 0 Å². The number of amides is 2. The summed E-state index contributed by atoms with van der Waals surface area (Å²) in [6.45, 7) is 19.2. The summed E-state index contributed by atoms with van der Waals surface area (Å²) < 4.78 is 0. The first kappa shape index (κ1) is 58.8. The molecule has 0 bridgehead atoms. The number of nitrogens with one attached hydrogen (secondary N) is 1. The number of piperazine rings is 1. The van der Waals surface area contributed by atoms with Crippen molar-refractivity contribution in [3.63, 3.8) is 0 Å². The van der Waals surface area contributed by atoms with Crippen LogP contribution in [0.2, 0.25) is 0 Å². The van der Waals surface area contributed by atoms with Crippen LogP contribution in [-0.2, 0) is 9.59 Å². The largest absolute Gasteiger partial charge is 0.338 e. The van der Waals surface area contributed by atoms with Crippen molar-refractivity contribution in [2.45, 2.75) is 265 Å². The molecule has 1 N–H and O–H groups in total. The van der Waals surface area contributed by atoms with Crippen molar-refractivity contribution in [3.8, 4) is 0 Å². The van der Waals surface area contributed by atoms with Crippen molar-refractivity contribution in [1.29, 1.82) is 0 Å². The highest BCUT2D eigenvalue weighted by molar-refractivity contribution is 5.80. The van der Waals surface area contributed by atoms with Crippen molar-refractivity contribution in [2.75, 3.05) is 78.5 Å². The summed E-state index contributed by atoms with van der Waals surface area (Å²) in [5.74, 6) is 0.449. The normalized spacial score (nSPS) is 13.3. The number of hydrogen-bond donors (Lipinski definition) is 1. The van der Waals surface area contributed by atoms with Crippen molar-refractivity contribution >= 4 is 11.8 Å². The molecule has 62 heavy (non-hydrogen) atoms. The lowest BCUT2D eigenvalue weighted by atomic mass is 10.1. The van der Waals surface area contributed by atoms with Gasteiger partial charge in [0.15, 0.2) is 0 Å². The van der Waals surface area contributed by atoms with Gasteiger partial charge in [-0.1, -0.05) is 240 Å². The van der Waals surface area contributed by atoms with E-state index in [9.17, 15) is 9.59 Å². The molecule has 368 valence electrons. The average Bonchev–Trinajstić information content (AvgIpc) is 3.28. The minimum atomic E-state index is 0.189. The molecule has 0 unspecified atom stereocenters. The molecule has 7 heteroatoms. The summed E-state index contributed by atoms with van der Waals surface area (Å²) in [6, 6.07) is 0. The number of nitrogens with zero attached hydrogens (tertiary/aromatic N) is 4. The second-order valence-electron chi connectivity index (χ2n) is 19.7. The predicted octanol–water partition coefficient (Wildman–Crippen LogP) is 14.4. The molecule has 1 rings (SSSR count). The maximum absolute atomic E-state index is 13.8. The molecular weight excluding hydrogens is 763 g/mol. The average molecular weight is 875 g/mol. The molecule has 1 aliphatic heterocycles. The second kappa shape index (κ2) is 46.4. The zero-order valence-electron chi connectivity index (χ0n) is 42.8. The van der Waals surface area contributed by atoms with Crippen LogP contribution < -0.4 is 5.32 Å². The monoisotopic (exact) mass is 874 g/mol. The third-order valence-corrected chi connectivity index (χ3v) is 13.8. The fraction of sp³-hybridized carbons (Fsp3) is 0.964. The van der Waals surface area contributed by atoms with Gasteiger partial charge < -0.3 is 20.0 Å². The van der Waals surface area contributed by atoms with Crippen LogP contribution in [0.3, 0.4) is 0 Å². The summed E-state index contributed by atoms with van der Waals surface area (Å²) in [6.07, 6.45) is 50.1. The van der Waals surface area contributed by atoms with Crippen molar-refractivity contribution in [3.05, 3.63) is 0 Å². The first-order valence-electron chi connectivity index (χ1n) is 28.3. The van der Waals surface area contributed by atoms with Gasteiger partial charge in [0.1, 0.15) is 0 Å². The topological polar surface area (TPSA) is 59.1 Å². The van der Waals surface area contributed by atoms with Gasteiger partial charge in [0, 0.05) is 39.3 Å². The molecule has 0 atom stereocenters. The van der Waals surface area contributed by atoms with E-state index in [4.69, 9.17) is 0 Å². The van der Waals surface area contributed by atoms with E-state index in [1.807, 2.05) is 9.80 Å². The zero-order valence-corrected chi connectivity index (χ0v) is 42.8. The molecule has 0 aromatic rings. The molecular formula is C55H111N5O2. The van der Waals surface area contributed by atoms with E-state index in [-0.39, 0.29) is 11.8 Å². The Hall–Kier alpha value is -1.18. The minimum absolute atomic E-state index is 0.189. The van der Waals surface area contributed by atoms with E-state index < -0.39 is 0 Å². The van der Waals surface area contributed by atoms with Gasteiger partial charge >= 0.3 is 0 Å². The molecule has 7 nitrogen and oxygen atoms in total. The fourth-order valence-corrected chi connectivity index (χ4v) is 9.37. The van der Waals surface area contributed by atoms with Gasteiger partial charge in [0.05, 0.1) is 13.1 Å². The Labute approximate surface area is 388 Å². The first-order chi connectivity index (χ1) is 30.5. The van der Waals surface area contributed by atoms with Gasteiger partial charge in [-0.3, -0.25) is 14.5 Å². The Bertz CT molecular complexity index is 917. The van der Waals surface area contributed by atoms with E-state index in [0.29, 0.717) is 39.3 Å². The molecule has 1 heterocycles. The Morgan fingerprint density at radius 2 is 0.613 bits per heavy atom. The van der Waals surface area contributed by atoms with Crippen molar-refractivity contribution < 1.29 is 9.59 Å². The van der Waals surface area contributed by atoms with Crippen LogP contribution in [-0.4, -0.2) is 110 Å². The Kier molecular flexibility index (Phi) is 44.0. The van der Waals surface area contributed by atoms with Crippen LogP contribution in [0.4, 0.5) is 0 Å².